The Bertz CT molecular complexity index is 593. The van der Waals surface area contributed by atoms with E-state index >= 15 is 0 Å². The standard InChI is InChI=1S/C10H14ClNO4S2/c1-2-7-17(13,14)12-8-9-3-5-10(6-4-9)18(11,15)16/h3-6,12H,2,7-8H2,1H3. The maximum absolute atomic E-state index is 11.4. The highest BCUT2D eigenvalue weighted by Gasteiger charge is 2.10. The van der Waals surface area contributed by atoms with E-state index in [-0.39, 0.29) is 17.2 Å². The largest absolute Gasteiger partial charge is 0.261 e. The Morgan fingerprint density at radius 3 is 2.11 bits per heavy atom. The van der Waals surface area contributed by atoms with Crippen molar-refractivity contribution in [2.75, 3.05) is 5.75 Å². The topological polar surface area (TPSA) is 80.3 Å². The molecule has 0 fully saturated rings. The third-order valence-corrected chi connectivity index (χ3v) is 5.07. The summed E-state index contributed by atoms with van der Waals surface area (Å²) in [5.74, 6) is 0.0706. The van der Waals surface area contributed by atoms with Crippen molar-refractivity contribution in [3.05, 3.63) is 29.8 Å². The van der Waals surface area contributed by atoms with Crippen molar-refractivity contribution < 1.29 is 16.8 Å². The summed E-state index contributed by atoms with van der Waals surface area (Å²) in [4.78, 5) is -0.00988. The van der Waals surface area contributed by atoms with Crippen LogP contribution in [0.2, 0.25) is 0 Å². The molecule has 0 aromatic heterocycles. The first-order valence-corrected chi connectivity index (χ1v) is 9.22. The van der Waals surface area contributed by atoms with Crippen LogP contribution in [-0.4, -0.2) is 22.6 Å². The molecule has 0 aliphatic rings. The van der Waals surface area contributed by atoms with Gasteiger partial charge >= 0.3 is 0 Å². The van der Waals surface area contributed by atoms with Crippen LogP contribution >= 0.6 is 10.7 Å². The normalized spacial score (nSPS) is 12.6. The van der Waals surface area contributed by atoms with E-state index in [2.05, 4.69) is 4.72 Å². The summed E-state index contributed by atoms with van der Waals surface area (Å²) in [6.45, 7) is 1.91. The van der Waals surface area contributed by atoms with Crippen LogP contribution in [-0.2, 0) is 25.6 Å². The monoisotopic (exact) mass is 311 g/mol. The van der Waals surface area contributed by atoms with Gasteiger partial charge in [0, 0.05) is 17.2 Å². The molecule has 0 saturated carbocycles. The maximum Gasteiger partial charge on any atom is 0.261 e. The molecule has 0 aliphatic heterocycles. The first-order chi connectivity index (χ1) is 8.24. The molecular formula is C10H14ClNO4S2. The van der Waals surface area contributed by atoms with Gasteiger partial charge in [0.15, 0.2) is 0 Å². The van der Waals surface area contributed by atoms with E-state index in [1.165, 1.54) is 24.3 Å². The maximum atomic E-state index is 11.4. The quantitative estimate of drug-likeness (QED) is 0.806. The van der Waals surface area contributed by atoms with Gasteiger partial charge in [0.05, 0.1) is 10.6 Å². The number of hydrogen-bond acceptors (Lipinski definition) is 4. The zero-order chi connectivity index (χ0) is 13.8. The summed E-state index contributed by atoms with van der Waals surface area (Å²) in [5.41, 5.74) is 0.666. The molecule has 1 rings (SSSR count). The number of nitrogens with one attached hydrogen (secondary N) is 1. The molecule has 0 atom stereocenters. The SMILES string of the molecule is CCCS(=O)(=O)NCc1ccc(S(=O)(=O)Cl)cc1. The number of sulfonamides is 1. The van der Waals surface area contributed by atoms with Crippen LogP contribution in [0, 0.1) is 0 Å². The molecule has 1 aromatic carbocycles. The fraction of sp³-hybridized carbons (Fsp3) is 0.400. The van der Waals surface area contributed by atoms with Gasteiger partial charge in [-0.05, 0) is 24.1 Å². The van der Waals surface area contributed by atoms with Crippen LogP contribution in [0.25, 0.3) is 0 Å². The van der Waals surface area contributed by atoms with Gasteiger partial charge in [-0.2, -0.15) is 0 Å². The molecule has 18 heavy (non-hydrogen) atoms. The molecule has 5 nitrogen and oxygen atoms in total. The summed E-state index contributed by atoms with van der Waals surface area (Å²) in [6.07, 6.45) is 0.540. The minimum absolute atomic E-state index is 0.00988. The van der Waals surface area contributed by atoms with Gasteiger partial charge in [-0.1, -0.05) is 19.1 Å². The van der Waals surface area contributed by atoms with E-state index in [9.17, 15) is 16.8 Å². The molecular weight excluding hydrogens is 298 g/mol. The molecule has 1 N–H and O–H groups in total. The zero-order valence-corrected chi connectivity index (χ0v) is 12.1. The predicted octanol–water partition coefficient (Wildman–Crippen LogP) is 1.44. The highest BCUT2D eigenvalue weighted by molar-refractivity contribution is 8.13. The van der Waals surface area contributed by atoms with E-state index in [1.54, 1.807) is 6.92 Å². The minimum atomic E-state index is -3.74. The Balaban J connectivity index is 2.71. The number of rotatable bonds is 6. The summed E-state index contributed by atoms with van der Waals surface area (Å²) in [6, 6.07) is 5.71. The predicted molar refractivity (Wildman–Crippen MR) is 70.4 cm³/mol. The molecule has 0 spiro atoms. The first kappa shape index (κ1) is 15.4. The van der Waals surface area contributed by atoms with E-state index < -0.39 is 19.1 Å². The number of halogens is 1. The second-order valence-electron chi connectivity index (χ2n) is 3.72. The van der Waals surface area contributed by atoms with Crippen molar-refractivity contribution in [3.8, 4) is 0 Å². The molecule has 0 unspecified atom stereocenters. The lowest BCUT2D eigenvalue weighted by molar-refractivity contribution is 0.579. The zero-order valence-electron chi connectivity index (χ0n) is 9.76. The lowest BCUT2D eigenvalue weighted by atomic mass is 10.2. The first-order valence-electron chi connectivity index (χ1n) is 5.25. The highest BCUT2D eigenvalue weighted by atomic mass is 35.7. The second-order valence-corrected chi connectivity index (χ2v) is 8.21. The lowest BCUT2D eigenvalue weighted by Crippen LogP contribution is -2.25. The molecule has 1 aromatic rings. The fourth-order valence-electron chi connectivity index (χ4n) is 1.30. The van der Waals surface area contributed by atoms with Crippen molar-refractivity contribution in [1.29, 1.82) is 0 Å². The lowest BCUT2D eigenvalue weighted by Gasteiger charge is -2.05. The molecule has 0 saturated heterocycles. The summed E-state index contributed by atoms with van der Waals surface area (Å²) in [5, 5.41) is 0. The molecule has 102 valence electrons. The van der Waals surface area contributed by atoms with Crippen LogP contribution in [0.3, 0.4) is 0 Å². The van der Waals surface area contributed by atoms with Crippen molar-refractivity contribution in [2.24, 2.45) is 0 Å². The smallest absolute Gasteiger partial charge is 0.212 e. The van der Waals surface area contributed by atoms with Crippen molar-refractivity contribution in [1.82, 2.24) is 4.72 Å². The fourth-order valence-corrected chi connectivity index (χ4v) is 3.14. The Morgan fingerprint density at radius 1 is 1.11 bits per heavy atom. The van der Waals surface area contributed by atoms with E-state index in [1.807, 2.05) is 0 Å². The van der Waals surface area contributed by atoms with Crippen LogP contribution in [0.1, 0.15) is 18.9 Å². The van der Waals surface area contributed by atoms with Gasteiger partial charge in [-0.25, -0.2) is 21.6 Å². The Hall–Kier alpha value is -0.630. The summed E-state index contributed by atoms with van der Waals surface area (Å²) >= 11 is 0. The molecule has 8 heteroatoms. The summed E-state index contributed by atoms with van der Waals surface area (Å²) < 4.78 is 47.2. The van der Waals surface area contributed by atoms with Crippen LogP contribution in [0.4, 0.5) is 0 Å². The van der Waals surface area contributed by atoms with Gasteiger partial charge in [0.2, 0.25) is 10.0 Å². The third kappa shape index (κ3) is 4.93. The van der Waals surface area contributed by atoms with E-state index in [0.29, 0.717) is 12.0 Å². The second kappa shape index (κ2) is 6.01. The Kier molecular flexibility index (Phi) is 5.15. The average Bonchev–Trinajstić information content (AvgIpc) is 2.26. The molecule has 0 amide bonds. The van der Waals surface area contributed by atoms with Gasteiger partial charge in [-0.15, -0.1) is 0 Å². The van der Waals surface area contributed by atoms with Crippen LogP contribution in [0.15, 0.2) is 29.2 Å². The summed E-state index contributed by atoms with van der Waals surface area (Å²) in [7, 11) is -1.84. The van der Waals surface area contributed by atoms with Gasteiger partial charge < -0.3 is 0 Å². The van der Waals surface area contributed by atoms with Crippen molar-refractivity contribution >= 4 is 29.8 Å². The minimum Gasteiger partial charge on any atom is -0.212 e. The number of benzene rings is 1. The molecule has 0 radical (unpaired) electrons. The van der Waals surface area contributed by atoms with Crippen molar-refractivity contribution in [3.63, 3.8) is 0 Å². The van der Waals surface area contributed by atoms with Gasteiger partial charge in [0.25, 0.3) is 9.05 Å². The van der Waals surface area contributed by atoms with E-state index in [0.717, 1.165) is 0 Å². The highest BCUT2D eigenvalue weighted by Crippen LogP contribution is 2.15. The Morgan fingerprint density at radius 2 is 1.67 bits per heavy atom. The van der Waals surface area contributed by atoms with Crippen molar-refractivity contribution in [2.45, 2.75) is 24.8 Å². The van der Waals surface area contributed by atoms with Gasteiger partial charge in [0.1, 0.15) is 0 Å². The molecule has 0 bridgehead atoms. The Labute approximate surface area is 112 Å². The molecule has 0 aliphatic carbocycles. The van der Waals surface area contributed by atoms with Crippen LogP contribution in [0.5, 0.6) is 0 Å². The number of hydrogen-bond donors (Lipinski definition) is 1. The molecule has 0 heterocycles. The average molecular weight is 312 g/mol. The third-order valence-electron chi connectivity index (χ3n) is 2.17. The van der Waals surface area contributed by atoms with Crippen LogP contribution < -0.4 is 4.72 Å². The van der Waals surface area contributed by atoms with Gasteiger partial charge in [-0.3, -0.25) is 0 Å². The van der Waals surface area contributed by atoms with E-state index in [4.69, 9.17) is 10.7 Å².